The summed E-state index contributed by atoms with van der Waals surface area (Å²) in [6.45, 7) is 8.31. The molecule has 4 heterocycles. The monoisotopic (exact) mass is 548 g/mol. The Kier molecular flexibility index (Phi) is 15.0. The maximum atomic E-state index is 12.2. The molecule has 4 rings (SSSR count). The first kappa shape index (κ1) is 30.9. The summed E-state index contributed by atoms with van der Waals surface area (Å²) in [6.07, 6.45) is 9.46. The highest BCUT2D eigenvalue weighted by molar-refractivity contribution is 7.17. The second-order valence-electron chi connectivity index (χ2n) is 7.98. The van der Waals surface area contributed by atoms with Gasteiger partial charge >= 0.3 is 5.97 Å². The number of carboxylic acids is 1. The van der Waals surface area contributed by atoms with Crippen LogP contribution in [0.5, 0.6) is 0 Å². The summed E-state index contributed by atoms with van der Waals surface area (Å²) in [5, 5.41) is 11.9. The maximum absolute atomic E-state index is 12.2. The van der Waals surface area contributed by atoms with Gasteiger partial charge in [0, 0.05) is 22.8 Å². The molecular weight excluding hydrogens is 511 g/mol. The Morgan fingerprint density at radius 2 is 1.35 bits per heavy atom. The lowest BCUT2D eigenvalue weighted by Crippen LogP contribution is -2.35. The molecule has 0 spiro atoms. The van der Waals surface area contributed by atoms with Gasteiger partial charge in [0.1, 0.15) is 8.67 Å². The van der Waals surface area contributed by atoms with Crippen LogP contribution in [0.3, 0.4) is 0 Å². The summed E-state index contributed by atoms with van der Waals surface area (Å²) in [7, 11) is 0. The average molecular weight is 550 g/mol. The zero-order valence-corrected chi connectivity index (χ0v) is 22.6. The Hall–Kier alpha value is -1.12. The number of nitrogens with one attached hydrogen (secondary N) is 1. The quantitative estimate of drug-likeness (QED) is 0.411. The molecule has 0 radical (unpaired) electrons. The van der Waals surface area contributed by atoms with Crippen molar-refractivity contribution in [2.24, 2.45) is 0 Å². The number of amides is 1. The van der Waals surface area contributed by atoms with Crippen molar-refractivity contribution in [1.29, 1.82) is 0 Å². The first-order chi connectivity index (χ1) is 15.9. The van der Waals surface area contributed by atoms with Crippen molar-refractivity contribution in [3.05, 3.63) is 41.7 Å². The third-order valence-corrected chi connectivity index (χ3v) is 8.49. The van der Waals surface area contributed by atoms with Crippen LogP contribution in [-0.4, -0.2) is 48.1 Å². The lowest BCUT2D eigenvalue weighted by molar-refractivity contribution is 0.0695. The van der Waals surface area contributed by atoms with Gasteiger partial charge in [-0.1, -0.05) is 50.9 Å². The number of carbonyl (C=O) groups excluding carboxylic acids is 1. The molecule has 2 aliphatic heterocycles. The Morgan fingerprint density at radius 3 is 1.71 bits per heavy atom. The molecule has 2 aliphatic rings. The summed E-state index contributed by atoms with van der Waals surface area (Å²) < 4.78 is 1.02. The van der Waals surface area contributed by atoms with E-state index >= 15 is 0 Å². The summed E-state index contributed by atoms with van der Waals surface area (Å²) in [5.74, 6) is -0.841. The second-order valence-corrected chi connectivity index (χ2v) is 11.5. The molecule has 2 aromatic heterocycles. The van der Waals surface area contributed by atoms with Gasteiger partial charge in [0.15, 0.2) is 0 Å². The zero-order chi connectivity index (χ0) is 24.2. The van der Waals surface area contributed by atoms with E-state index in [1.165, 1.54) is 66.3 Å². The number of rotatable bonds is 4. The number of carbonyl (C=O) groups is 2. The van der Waals surface area contributed by atoms with Crippen molar-refractivity contribution in [3.8, 4) is 0 Å². The van der Waals surface area contributed by atoms with Crippen molar-refractivity contribution in [3.63, 3.8) is 0 Å². The number of nitrogens with zero attached hydrogens (tertiary/aromatic N) is 1. The molecule has 5 nitrogen and oxygen atoms in total. The van der Waals surface area contributed by atoms with Crippen molar-refractivity contribution < 1.29 is 14.7 Å². The number of thiophene rings is 2. The highest BCUT2D eigenvalue weighted by Gasteiger charge is 2.22. The predicted octanol–water partition coefficient (Wildman–Crippen LogP) is 7.65. The number of piperidine rings is 2. The summed E-state index contributed by atoms with van der Waals surface area (Å²) in [4.78, 5) is 26.8. The fourth-order valence-electron chi connectivity index (χ4n) is 3.54. The lowest BCUT2D eigenvalue weighted by atomic mass is 10.1. The summed E-state index contributed by atoms with van der Waals surface area (Å²) >= 11 is 14.6. The molecular formula is C25H38Cl2N2O3S2. The number of halogens is 2. The van der Waals surface area contributed by atoms with E-state index in [4.69, 9.17) is 28.3 Å². The first-order valence-electron chi connectivity index (χ1n) is 11.7. The average Bonchev–Trinajstić information content (AvgIpc) is 3.43. The van der Waals surface area contributed by atoms with Crippen LogP contribution in [0.1, 0.15) is 90.3 Å². The standard InChI is InChI=1S/C12H16ClNOS.C7H7ClO2S.C5H11N.CH4/c1-2-9-8-10(11(13)16-9)12(15)14-6-4-3-5-7-14;1-2-4-3-5(7(9)10)6(8)11-4;1-2-4-6-5-3-1;/h8H,2-7H2,1H3;3H,2H2,1H3,(H,9,10);6H,1-5H2;1H4. The molecule has 0 aromatic carbocycles. The second kappa shape index (κ2) is 16.5. The van der Waals surface area contributed by atoms with Crippen LogP contribution < -0.4 is 5.32 Å². The van der Waals surface area contributed by atoms with Crippen molar-refractivity contribution in [2.45, 2.75) is 72.6 Å². The zero-order valence-electron chi connectivity index (χ0n) is 19.4. The Labute approximate surface area is 222 Å². The van der Waals surface area contributed by atoms with Gasteiger partial charge in [-0.15, -0.1) is 22.7 Å². The minimum Gasteiger partial charge on any atom is -0.478 e. The minimum atomic E-state index is -0.953. The summed E-state index contributed by atoms with van der Waals surface area (Å²) in [5.41, 5.74) is 0.916. The molecule has 0 bridgehead atoms. The largest absolute Gasteiger partial charge is 0.478 e. The van der Waals surface area contributed by atoms with Crippen molar-refractivity contribution in [2.75, 3.05) is 26.2 Å². The maximum Gasteiger partial charge on any atom is 0.338 e. The Balaban J connectivity index is 0.000000278. The molecule has 192 valence electrons. The SMILES string of the molecule is C.C1CCNCC1.CCc1cc(C(=O)N2CCCCC2)c(Cl)s1.CCc1cc(C(=O)O)c(Cl)s1. The van der Waals surface area contributed by atoms with Crippen LogP contribution in [-0.2, 0) is 12.8 Å². The van der Waals surface area contributed by atoms with Crippen LogP contribution in [0, 0.1) is 0 Å². The number of carboxylic acid groups (broad SMARTS) is 1. The van der Waals surface area contributed by atoms with E-state index in [1.807, 2.05) is 17.9 Å². The third-order valence-electron chi connectivity index (χ3n) is 5.48. The van der Waals surface area contributed by atoms with Crippen LogP contribution in [0.25, 0.3) is 0 Å². The molecule has 2 saturated heterocycles. The molecule has 2 fully saturated rings. The molecule has 0 atom stereocenters. The number of hydrogen-bond acceptors (Lipinski definition) is 5. The van der Waals surface area contributed by atoms with E-state index in [9.17, 15) is 9.59 Å². The van der Waals surface area contributed by atoms with Crippen LogP contribution in [0.4, 0.5) is 0 Å². The molecule has 34 heavy (non-hydrogen) atoms. The topological polar surface area (TPSA) is 69.6 Å². The third kappa shape index (κ3) is 9.86. The van der Waals surface area contributed by atoms with Gasteiger partial charge in [0.2, 0.25) is 0 Å². The van der Waals surface area contributed by atoms with E-state index in [2.05, 4.69) is 12.2 Å². The van der Waals surface area contributed by atoms with Gasteiger partial charge in [-0.05, 0) is 70.2 Å². The van der Waals surface area contributed by atoms with Gasteiger partial charge in [0.05, 0.1) is 11.1 Å². The van der Waals surface area contributed by atoms with E-state index in [0.29, 0.717) is 14.2 Å². The van der Waals surface area contributed by atoms with Crippen molar-refractivity contribution >= 4 is 57.8 Å². The fourth-order valence-corrected chi connectivity index (χ4v) is 6.02. The smallest absolute Gasteiger partial charge is 0.338 e. The van der Waals surface area contributed by atoms with Gasteiger partial charge in [0.25, 0.3) is 5.91 Å². The highest BCUT2D eigenvalue weighted by atomic mass is 35.5. The Bertz CT molecular complexity index is 877. The molecule has 0 unspecified atom stereocenters. The van der Waals surface area contributed by atoms with Gasteiger partial charge in [-0.2, -0.15) is 0 Å². The van der Waals surface area contributed by atoms with Crippen LogP contribution in [0.2, 0.25) is 8.67 Å². The van der Waals surface area contributed by atoms with E-state index in [-0.39, 0.29) is 18.9 Å². The highest BCUT2D eigenvalue weighted by Crippen LogP contribution is 2.30. The minimum absolute atomic E-state index is 0. The number of aryl methyl sites for hydroxylation is 2. The number of hydrogen-bond donors (Lipinski definition) is 2. The fraction of sp³-hybridized carbons (Fsp3) is 0.600. The van der Waals surface area contributed by atoms with E-state index < -0.39 is 5.97 Å². The Morgan fingerprint density at radius 1 is 0.882 bits per heavy atom. The van der Waals surface area contributed by atoms with Gasteiger partial charge in [-0.3, -0.25) is 4.79 Å². The number of aromatic carboxylic acids is 1. The first-order valence-corrected chi connectivity index (χ1v) is 14.1. The number of likely N-dealkylation sites (tertiary alicyclic amines) is 1. The molecule has 9 heteroatoms. The summed E-state index contributed by atoms with van der Waals surface area (Å²) in [6, 6.07) is 3.57. The molecule has 2 N–H and O–H groups in total. The molecule has 0 saturated carbocycles. The van der Waals surface area contributed by atoms with Crippen LogP contribution in [0.15, 0.2) is 12.1 Å². The van der Waals surface area contributed by atoms with Gasteiger partial charge in [-0.25, -0.2) is 4.79 Å². The molecule has 0 aliphatic carbocycles. The molecule has 2 aromatic rings. The molecule has 1 amide bonds. The van der Waals surface area contributed by atoms with Crippen molar-refractivity contribution in [1.82, 2.24) is 10.2 Å². The van der Waals surface area contributed by atoms with E-state index in [0.717, 1.165) is 43.6 Å². The lowest BCUT2D eigenvalue weighted by Gasteiger charge is -2.26. The predicted molar refractivity (Wildman–Crippen MR) is 148 cm³/mol. The van der Waals surface area contributed by atoms with E-state index in [1.54, 1.807) is 6.07 Å². The normalized spacial score (nSPS) is 15.2. The van der Waals surface area contributed by atoms with Gasteiger partial charge < -0.3 is 15.3 Å². The van der Waals surface area contributed by atoms with Crippen LogP contribution >= 0.6 is 45.9 Å².